The highest BCUT2D eigenvalue weighted by atomic mass is 32.1. The van der Waals surface area contributed by atoms with Gasteiger partial charge in [-0.2, -0.15) is 0 Å². The molecule has 2 aromatic heterocycles. The van der Waals surface area contributed by atoms with Gasteiger partial charge in [-0.3, -0.25) is 0 Å². The molecule has 0 aliphatic carbocycles. The normalized spacial score (nSPS) is 10.3. The fraction of sp³-hybridized carbons (Fsp3) is 0.125. The van der Waals surface area contributed by atoms with Gasteiger partial charge in [-0.25, -0.2) is 4.98 Å². The van der Waals surface area contributed by atoms with Crippen LogP contribution in [0.1, 0.15) is 4.88 Å². The summed E-state index contributed by atoms with van der Waals surface area (Å²) in [5, 5.41) is 2.08. The van der Waals surface area contributed by atoms with Crippen molar-refractivity contribution in [2.75, 3.05) is 0 Å². The third kappa shape index (κ3) is 1.21. The zero-order valence-electron chi connectivity index (χ0n) is 6.07. The van der Waals surface area contributed by atoms with E-state index in [1.54, 1.807) is 22.7 Å². The summed E-state index contributed by atoms with van der Waals surface area (Å²) < 4.78 is 0. The van der Waals surface area contributed by atoms with E-state index in [1.807, 2.05) is 5.51 Å². The molecule has 0 aliphatic heterocycles. The molecule has 0 fully saturated rings. The third-order valence-electron chi connectivity index (χ3n) is 1.50. The molecule has 0 atom stereocenters. The molecule has 0 spiro atoms. The maximum absolute atomic E-state index is 4.29. The lowest BCUT2D eigenvalue weighted by Crippen LogP contribution is -1.72. The van der Waals surface area contributed by atoms with E-state index in [2.05, 4.69) is 29.4 Å². The topological polar surface area (TPSA) is 12.9 Å². The summed E-state index contributed by atoms with van der Waals surface area (Å²) in [6.07, 6.45) is 0. The van der Waals surface area contributed by atoms with Gasteiger partial charge in [0, 0.05) is 4.88 Å². The van der Waals surface area contributed by atoms with Crippen LogP contribution in [0.4, 0.5) is 0 Å². The Bertz CT molecular complexity index is 335. The Balaban J connectivity index is 2.53. The molecule has 11 heavy (non-hydrogen) atoms. The van der Waals surface area contributed by atoms with Crippen molar-refractivity contribution in [3.8, 4) is 10.6 Å². The first-order chi connectivity index (χ1) is 5.38. The molecule has 2 rings (SSSR count). The lowest BCUT2D eigenvalue weighted by Gasteiger charge is -1.89. The second-order valence-electron chi connectivity index (χ2n) is 2.23. The number of hydrogen-bond acceptors (Lipinski definition) is 3. The number of aryl methyl sites for hydroxylation is 1. The standard InChI is InChI=1S/C8H7NS2/c1-6-8(9-5-11-6)7-3-2-4-10-7/h2-5H,1H3. The van der Waals surface area contributed by atoms with Crippen molar-refractivity contribution in [2.24, 2.45) is 0 Å². The molecule has 0 aromatic carbocycles. The van der Waals surface area contributed by atoms with Crippen LogP contribution >= 0.6 is 22.7 Å². The summed E-state index contributed by atoms with van der Waals surface area (Å²) in [6.45, 7) is 2.10. The summed E-state index contributed by atoms with van der Waals surface area (Å²) in [5.74, 6) is 0. The Kier molecular flexibility index (Phi) is 1.75. The summed E-state index contributed by atoms with van der Waals surface area (Å²) in [6, 6.07) is 4.16. The van der Waals surface area contributed by atoms with Gasteiger partial charge in [-0.15, -0.1) is 22.7 Å². The van der Waals surface area contributed by atoms with Crippen LogP contribution in [-0.2, 0) is 0 Å². The average Bonchev–Trinajstić information content (AvgIpc) is 2.55. The molecule has 56 valence electrons. The van der Waals surface area contributed by atoms with E-state index in [9.17, 15) is 0 Å². The molecule has 2 aromatic rings. The van der Waals surface area contributed by atoms with Gasteiger partial charge in [0.05, 0.1) is 16.1 Å². The van der Waals surface area contributed by atoms with E-state index in [4.69, 9.17) is 0 Å². The highest BCUT2D eigenvalue weighted by molar-refractivity contribution is 7.14. The Morgan fingerprint density at radius 1 is 1.36 bits per heavy atom. The Morgan fingerprint density at radius 2 is 2.27 bits per heavy atom. The van der Waals surface area contributed by atoms with Gasteiger partial charge in [0.1, 0.15) is 0 Å². The van der Waals surface area contributed by atoms with Crippen molar-refractivity contribution < 1.29 is 0 Å². The highest BCUT2D eigenvalue weighted by Gasteiger charge is 2.03. The summed E-state index contributed by atoms with van der Waals surface area (Å²) >= 11 is 3.44. The molecule has 0 saturated carbocycles. The average molecular weight is 181 g/mol. The van der Waals surface area contributed by atoms with Crippen molar-refractivity contribution in [3.05, 3.63) is 27.9 Å². The molecule has 0 saturated heterocycles. The molecule has 0 amide bonds. The number of thiophene rings is 1. The maximum Gasteiger partial charge on any atom is 0.0939 e. The summed E-state index contributed by atoms with van der Waals surface area (Å²) in [7, 11) is 0. The van der Waals surface area contributed by atoms with Crippen molar-refractivity contribution in [2.45, 2.75) is 6.92 Å². The van der Waals surface area contributed by atoms with Crippen LogP contribution in [0.3, 0.4) is 0 Å². The molecule has 1 nitrogen and oxygen atoms in total. The molecular formula is C8H7NS2. The lowest BCUT2D eigenvalue weighted by molar-refractivity contribution is 1.40. The molecule has 0 aliphatic rings. The van der Waals surface area contributed by atoms with E-state index in [0.29, 0.717) is 0 Å². The van der Waals surface area contributed by atoms with E-state index in [0.717, 1.165) is 5.69 Å². The van der Waals surface area contributed by atoms with Crippen molar-refractivity contribution >= 4 is 22.7 Å². The van der Waals surface area contributed by atoms with Gasteiger partial charge in [-0.05, 0) is 18.4 Å². The van der Waals surface area contributed by atoms with Crippen LogP contribution in [-0.4, -0.2) is 4.98 Å². The zero-order valence-corrected chi connectivity index (χ0v) is 7.71. The minimum Gasteiger partial charge on any atom is -0.244 e. The smallest absolute Gasteiger partial charge is 0.0939 e. The largest absolute Gasteiger partial charge is 0.244 e. The SMILES string of the molecule is Cc1scnc1-c1cccs1. The lowest BCUT2D eigenvalue weighted by atomic mass is 10.3. The van der Waals surface area contributed by atoms with Gasteiger partial charge in [0.25, 0.3) is 0 Å². The Hall–Kier alpha value is -0.670. The second kappa shape index (κ2) is 2.75. The third-order valence-corrected chi connectivity index (χ3v) is 3.13. The van der Waals surface area contributed by atoms with Crippen LogP contribution in [0.2, 0.25) is 0 Å². The van der Waals surface area contributed by atoms with Crippen molar-refractivity contribution in [1.29, 1.82) is 0 Å². The van der Waals surface area contributed by atoms with E-state index in [1.165, 1.54) is 9.75 Å². The number of nitrogens with zero attached hydrogens (tertiary/aromatic N) is 1. The maximum atomic E-state index is 4.29. The predicted octanol–water partition coefficient (Wildman–Crippen LogP) is 3.18. The second-order valence-corrected chi connectivity index (χ2v) is 4.24. The van der Waals surface area contributed by atoms with E-state index < -0.39 is 0 Å². The Morgan fingerprint density at radius 3 is 2.82 bits per heavy atom. The first kappa shape index (κ1) is 7.00. The zero-order chi connectivity index (χ0) is 7.68. The van der Waals surface area contributed by atoms with Crippen LogP contribution in [0.25, 0.3) is 10.6 Å². The molecule has 3 heteroatoms. The van der Waals surface area contributed by atoms with E-state index in [-0.39, 0.29) is 0 Å². The van der Waals surface area contributed by atoms with Crippen LogP contribution in [0, 0.1) is 6.92 Å². The fourth-order valence-electron chi connectivity index (χ4n) is 0.955. The van der Waals surface area contributed by atoms with Crippen molar-refractivity contribution in [3.63, 3.8) is 0 Å². The fourth-order valence-corrected chi connectivity index (χ4v) is 2.39. The quantitative estimate of drug-likeness (QED) is 0.658. The van der Waals surface area contributed by atoms with Gasteiger partial charge < -0.3 is 0 Å². The van der Waals surface area contributed by atoms with Gasteiger partial charge in [-0.1, -0.05) is 6.07 Å². The highest BCUT2D eigenvalue weighted by Crippen LogP contribution is 2.27. The summed E-state index contributed by atoms with van der Waals surface area (Å²) in [5.41, 5.74) is 3.04. The number of thiazole rings is 1. The molecule has 2 heterocycles. The van der Waals surface area contributed by atoms with Gasteiger partial charge in [0.2, 0.25) is 0 Å². The number of aromatic nitrogens is 1. The minimum atomic E-state index is 1.14. The molecule has 0 radical (unpaired) electrons. The number of rotatable bonds is 1. The first-order valence-corrected chi connectivity index (χ1v) is 5.08. The van der Waals surface area contributed by atoms with Gasteiger partial charge >= 0.3 is 0 Å². The van der Waals surface area contributed by atoms with Gasteiger partial charge in [0.15, 0.2) is 0 Å². The minimum absolute atomic E-state index is 1.14. The molecule has 0 unspecified atom stereocenters. The van der Waals surface area contributed by atoms with E-state index >= 15 is 0 Å². The van der Waals surface area contributed by atoms with Crippen LogP contribution in [0.15, 0.2) is 23.0 Å². The molecular weight excluding hydrogens is 174 g/mol. The molecule has 0 bridgehead atoms. The van der Waals surface area contributed by atoms with Crippen LogP contribution in [0.5, 0.6) is 0 Å². The van der Waals surface area contributed by atoms with Crippen molar-refractivity contribution in [1.82, 2.24) is 4.98 Å². The monoisotopic (exact) mass is 181 g/mol. The number of hydrogen-bond donors (Lipinski definition) is 0. The Labute approximate surface area is 73.4 Å². The molecule has 0 N–H and O–H groups in total. The predicted molar refractivity (Wildman–Crippen MR) is 50.2 cm³/mol. The first-order valence-electron chi connectivity index (χ1n) is 3.32. The van der Waals surface area contributed by atoms with Crippen LogP contribution < -0.4 is 0 Å². The summed E-state index contributed by atoms with van der Waals surface area (Å²) in [4.78, 5) is 6.85.